The largest absolute Gasteiger partial charge is 0.458 e. The summed E-state index contributed by atoms with van der Waals surface area (Å²) < 4.78 is 60.0. The summed E-state index contributed by atoms with van der Waals surface area (Å²) in [5, 5.41) is 0. The Morgan fingerprint density at radius 3 is 2.43 bits per heavy atom. The zero-order chi connectivity index (χ0) is 17.0. The van der Waals surface area contributed by atoms with Gasteiger partial charge >= 0.3 is 5.91 Å². The van der Waals surface area contributed by atoms with Gasteiger partial charge in [-0.05, 0) is 12.1 Å². The Morgan fingerprint density at radius 1 is 1.22 bits per heavy atom. The molecule has 0 unspecified atom stereocenters. The minimum atomic E-state index is -4.63. The van der Waals surface area contributed by atoms with Gasteiger partial charge in [-0.15, -0.1) is 0 Å². The lowest BCUT2D eigenvalue weighted by molar-refractivity contribution is 0.0721. The first kappa shape index (κ1) is 15.4. The molecule has 2 heterocycles. The summed E-state index contributed by atoms with van der Waals surface area (Å²) in [6, 6.07) is 5.86. The molecule has 1 aliphatic heterocycles. The average molecular weight is 357 g/mol. The number of amides is 2. The Bertz CT molecular complexity index is 1050. The number of nitrogens with zero attached hydrogens (tertiary/aromatic N) is 1. The molecular formula is C12H7NO8S2. The molecule has 0 spiro atoms. The van der Waals surface area contributed by atoms with Gasteiger partial charge < -0.3 is 4.42 Å². The van der Waals surface area contributed by atoms with Crippen LogP contribution in [0.2, 0.25) is 0 Å². The van der Waals surface area contributed by atoms with E-state index in [-0.39, 0.29) is 14.8 Å². The standard InChI is InChI=1S/C12H7NO8S2/c14-11-8-3-1-2-4-10(8)22(16,17)13(11)12(15)9-5-7(6-21-9)23(18,19)20/h1-6H,(H,18,19,20). The third-order valence-corrected chi connectivity index (χ3v) is 5.62. The van der Waals surface area contributed by atoms with Crippen LogP contribution in [0.5, 0.6) is 0 Å². The molecule has 0 fully saturated rings. The van der Waals surface area contributed by atoms with E-state index >= 15 is 0 Å². The molecule has 9 nitrogen and oxygen atoms in total. The molecule has 0 radical (unpaired) electrons. The number of hydrogen-bond donors (Lipinski definition) is 1. The van der Waals surface area contributed by atoms with E-state index in [2.05, 4.69) is 4.42 Å². The molecule has 3 rings (SSSR count). The lowest BCUT2D eigenvalue weighted by Crippen LogP contribution is -2.36. The van der Waals surface area contributed by atoms with Crippen LogP contribution < -0.4 is 0 Å². The Morgan fingerprint density at radius 2 is 1.87 bits per heavy atom. The van der Waals surface area contributed by atoms with Crippen molar-refractivity contribution in [1.82, 2.24) is 4.31 Å². The number of fused-ring (bicyclic) bond motifs is 1. The van der Waals surface area contributed by atoms with E-state index in [4.69, 9.17) is 4.55 Å². The molecule has 1 N–H and O–H groups in total. The summed E-state index contributed by atoms with van der Waals surface area (Å²) in [6.45, 7) is 0. The molecule has 1 aromatic carbocycles. The lowest BCUT2D eigenvalue weighted by atomic mass is 10.2. The van der Waals surface area contributed by atoms with Crippen molar-refractivity contribution in [1.29, 1.82) is 0 Å². The fourth-order valence-electron chi connectivity index (χ4n) is 2.05. The third kappa shape index (κ3) is 2.25. The molecular weight excluding hydrogens is 350 g/mol. The second-order valence-electron chi connectivity index (χ2n) is 4.50. The van der Waals surface area contributed by atoms with E-state index in [0.717, 1.165) is 0 Å². The number of rotatable bonds is 2. The monoisotopic (exact) mass is 357 g/mol. The van der Waals surface area contributed by atoms with E-state index in [1.54, 1.807) is 0 Å². The van der Waals surface area contributed by atoms with Gasteiger partial charge in [0, 0.05) is 6.07 Å². The van der Waals surface area contributed by atoms with Crippen molar-refractivity contribution in [3.05, 3.63) is 47.9 Å². The maximum absolute atomic E-state index is 12.3. The quantitative estimate of drug-likeness (QED) is 0.606. The van der Waals surface area contributed by atoms with Gasteiger partial charge in [-0.2, -0.15) is 12.7 Å². The van der Waals surface area contributed by atoms with Crippen LogP contribution in [-0.4, -0.2) is 37.5 Å². The minimum absolute atomic E-state index is 0.00965. The van der Waals surface area contributed by atoms with Crippen LogP contribution in [0.4, 0.5) is 0 Å². The van der Waals surface area contributed by atoms with Gasteiger partial charge in [0.05, 0.1) is 5.56 Å². The second kappa shape index (κ2) is 4.75. The first-order valence-corrected chi connectivity index (χ1v) is 8.81. The van der Waals surface area contributed by atoms with Crippen LogP contribution in [0.15, 0.2) is 50.8 Å². The predicted molar refractivity (Wildman–Crippen MR) is 72.7 cm³/mol. The SMILES string of the molecule is O=C(c1cc(S(=O)(=O)O)co1)N1C(=O)c2ccccc2S1(=O)=O. The van der Waals surface area contributed by atoms with Crippen LogP contribution in [-0.2, 0) is 20.1 Å². The maximum Gasteiger partial charge on any atom is 0.310 e. The summed E-state index contributed by atoms with van der Waals surface area (Å²) in [5.74, 6) is -3.15. The van der Waals surface area contributed by atoms with E-state index in [1.807, 2.05) is 0 Å². The number of sulfonamides is 1. The Hall–Kier alpha value is -2.50. The highest BCUT2D eigenvalue weighted by Gasteiger charge is 2.46. The fourth-order valence-corrected chi connectivity index (χ4v) is 3.98. The molecule has 2 amide bonds. The lowest BCUT2D eigenvalue weighted by Gasteiger charge is -2.10. The minimum Gasteiger partial charge on any atom is -0.458 e. The van der Waals surface area contributed by atoms with Crippen molar-refractivity contribution in [2.75, 3.05) is 0 Å². The van der Waals surface area contributed by atoms with Crippen LogP contribution in [0.25, 0.3) is 0 Å². The summed E-state index contributed by atoms with van der Waals surface area (Å²) in [7, 11) is -9.04. The van der Waals surface area contributed by atoms with Crippen molar-refractivity contribution in [3.8, 4) is 0 Å². The molecule has 1 aliphatic rings. The fraction of sp³-hybridized carbons (Fsp3) is 0. The molecule has 1 aromatic heterocycles. The summed E-state index contributed by atoms with van der Waals surface area (Å²) in [4.78, 5) is 23.3. The van der Waals surface area contributed by atoms with Crippen LogP contribution in [0.3, 0.4) is 0 Å². The molecule has 0 bridgehead atoms. The molecule has 2 aromatic rings. The topological polar surface area (TPSA) is 139 Å². The van der Waals surface area contributed by atoms with Gasteiger partial charge in [0.25, 0.3) is 26.0 Å². The third-order valence-electron chi connectivity index (χ3n) is 3.09. The number of hydrogen-bond acceptors (Lipinski definition) is 7. The van der Waals surface area contributed by atoms with E-state index in [0.29, 0.717) is 12.3 Å². The number of carbonyl (C=O) groups is 2. The number of carbonyl (C=O) groups excluding carboxylic acids is 2. The average Bonchev–Trinajstić information content (AvgIpc) is 3.02. The van der Waals surface area contributed by atoms with Crippen molar-refractivity contribution in [2.45, 2.75) is 9.79 Å². The molecule has 120 valence electrons. The summed E-state index contributed by atoms with van der Waals surface area (Å²) >= 11 is 0. The Labute approximate surface area is 129 Å². The van der Waals surface area contributed by atoms with Gasteiger partial charge in [-0.3, -0.25) is 14.1 Å². The van der Waals surface area contributed by atoms with Gasteiger partial charge in [0.1, 0.15) is 16.1 Å². The number of benzene rings is 1. The van der Waals surface area contributed by atoms with Gasteiger partial charge in [0.2, 0.25) is 0 Å². The van der Waals surface area contributed by atoms with E-state index < -0.39 is 42.6 Å². The first-order chi connectivity index (χ1) is 10.6. The smallest absolute Gasteiger partial charge is 0.310 e. The van der Waals surface area contributed by atoms with Crippen molar-refractivity contribution >= 4 is 32.0 Å². The van der Waals surface area contributed by atoms with E-state index in [1.165, 1.54) is 24.3 Å². The zero-order valence-corrected chi connectivity index (χ0v) is 12.7. The molecule has 0 saturated heterocycles. The zero-order valence-electron chi connectivity index (χ0n) is 11.0. The molecule has 0 aliphatic carbocycles. The maximum atomic E-state index is 12.3. The second-order valence-corrected chi connectivity index (χ2v) is 7.67. The first-order valence-electron chi connectivity index (χ1n) is 5.93. The highest BCUT2D eigenvalue weighted by Crippen LogP contribution is 2.31. The molecule has 0 saturated carbocycles. The van der Waals surface area contributed by atoms with Crippen LogP contribution >= 0.6 is 0 Å². The van der Waals surface area contributed by atoms with Crippen LogP contribution in [0.1, 0.15) is 20.9 Å². The Balaban J connectivity index is 2.08. The summed E-state index contributed by atoms with van der Waals surface area (Å²) in [5.41, 5.74) is -0.178. The van der Waals surface area contributed by atoms with Crippen molar-refractivity contribution in [3.63, 3.8) is 0 Å². The Kier molecular flexibility index (Phi) is 3.18. The molecule has 23 heavy (non-hydrogen) atoms. The summed E-state index contributed by atoms with van der Waals surface area (Å²) in [6.07, 6.45) is 0.558. The normalized spacial score (nSPS) is 16.4. The van der Waals surface area contributed by atoms with E-state index in [9.17, 15) is 26.4 Å². The predicted octanol–water partition coefficient (Wildman–Crippen LogP) is 0.511. The van der Waals surface area contributed by atoms with Gasteiger partial charge in [-0.25, -0.2) is 8.42 Å². The molecule has 11 heteroatoms. The van der Waals surface area contributed by atoms with Crippen LogP contribution in [0, 0.1) is 0 Å². The highest BCUT2D eigenvalue weighted by molar-refractivity contribution is 7.91. The highest BCUT2D eigenvalue weighted by atomic mass is 32.2. The number of imide groups is 1. The number of furan rings is 1. The van der Waals surface area contributed by atoms with Gasteiger partial charge in [0.15, 0.2) is 5.76 Å². The molecule has 0 atom stereocenters. The van der Waals surface area contributed by atoms with Gasteiger partial charge in [-0.1, -0.05) is 12.1 Å². The van der Waals surface area contributed by atoms with Crippen molar-refractivity contribution < 1.29 is 35.4 Å². The van der Waals surface area contributed by atoms with Crippen molar-refractivity contribution in [2.24, 2.45) is 0 Å².